The van der Waals surface area contributed by atoms with Gasteiger partial charge in [0.15, 0.2) is 0 Å². The molecular weight excluding hydrogens is 396 g/mol. The highest BCUT2D eigenvalue weighted by Gasteiger charge is 2.45. The van der Waals surface area contributed by atoms with Gasteiger partial charge in [-0.15, -0.1) is 0 Å². The SMILES string of the molecule is O=C1CCC(CCC(=O)N2CC3CC4CC(C3)CC2C4)(Cc2cccc3ccccc23)N1. The van der Waals surface area contributed by atoms with Gasteiger partial charge in [0, 0.05) is 31.0 Å². The molecule has 32 heavy (non-hydrogen) atoms. The van der Waals surface area contributed by atoms with Gasteiger partial charge in [-0.1, -0.05) is 42.5 Å². The van der Waals surface area contributed by atoms with Crippen molar-refractivity contribution in [2.45, 2.75) is 75.8 Å². The first-order valence-corrected chi connectivity index (χ1v) is 12.6. The van der Waals surface area contributed by atoms with Crippen LogP contribution in [0.5, 0.6) is 0 Å². The summed E-state index contributed by atoms with van der Waals surface area (Å²) in [7, 11) is 0. The molecule has 2 amide bonds. The van der Waals surface area contributed by atoms with Crippen molar-refractivity contribution in [1.29, 1.82) is 0 Å². The van der Waals surface area contributed by atoms with Crippen LogP contribution in [0.4, 0.5) is 0 Å². The van der Waals surface area contributed by atoms with E-state index in [4.69, 9.17) is 0 Å². The molecular formula is C28H34N2O2. The van der Waals surface area contributed by atoms with Crippen LogP contribution in [0.3, 0.4) is 0 Å². The van der Waals surface area contributed by atoms with Crippen molar-refractivity contribution < 1.29 is 9.59 Å². The minimum Gasteiger partial charge on any atom is -0.350 e. The normalized spacial score (nSPS) is 33.5. The minimum atomic E-state index is -0.306. The molecule has 3 unspecified atom stereocenters. The highest BCUT2D eigenvalue weighted by molar-refractivity contribution is 5.86. The number of hydrogen-bond acceptors (Lipinski definition) is 2. The third-order valence-electron chi connectivity index (χ3n) is 8.89. The van der Waals surface area contributed by atoms with E-state index in [9.17, 15) is 9.59 Å². The van der Waals surface area contributed by atoms with E-state index >= 15 is 0 Å². The fourth-order valence-electron chi connectivity index (χ4n) is 7.57. The summed E-state index contributed by atoms with van der Waals surface area (Å²) in [6.45, 7) is 0.971. The Morgan fingerprint density at radius 2 is 1.72 bits per heavy atom. The van der Waals surface area contributed by atoms with Gasteiger partial charge in [-0.05, 0) is 85.5 Å². The lowest BCUT2D eigenvalue weighted by molar-refractivity contribution is -0.134. The molecule has 4 heteroatoms. The molecule has 3 saturated heterocycles. The number of carbonyl (C=O) groups is 2. The van der Waals surface area contributed by atoms with Gasteiger partial charge < -0.3 is 10.2 Å². The fourth-order valence-corrected chi connectivity index (χ4v) is 7.57. The Balaban J connectivity index is 1.20. The molecule has 2 saturated carbocycles. The van der Waals surface area contributed by atoms with Crippen molar-refractivity contribution in [1.82, 2.24) is 10.2 Å². The van der Waals surface area contributed by atoms with Gasteiger partial charge in [-0.3, -0.25) is 9.59 Å². The first-order chi connectivity index (χ1) is 15.6. The molecule has 3 heterocycles. The summed E-state index contributed by atoms with van der Waals surface area (Å²) in [5.74, 6) is 2.86. The van der Waals surface area contributed by atoms with Gasteiger partial charge in [-0.25, -0.2) is 0 Å². The lowest BCUT2D eigenvalue weighted by atomic mass is 9.68. The highest BCUT2D eigenvalue weighted by atomic mass is 16.2. The van der Waals surface area contributed by atoms with Crippen LogP contribution in [-0.2, 0) is 16.0 Å². The van der Waals surface area contributed by atoms with Gasteiger partial charge in [0.1, 0.15) is 0 Å². The van der Waals surface area contributed by atoms with Crippen LogP contribution in [-0.4, -0.2) is 34.8 Å². The van der Waals surface area contributed by atoms with E-state index in [-0.39, 0.29) is 11.4 Å². The largest absolute Gasteiger partial charge is 0.350 e. The first kappa shape index (κ1) is 20.3. The molecule has 3 atom stereocenters. The lowest BCUT2D eigenvalue weighted by Crippen LogP contribution is -2.46. The Bertz CT molecular complexity index is 1030. The van der Waals surface area contributed by atoms with Gasteiger partial charge in [0.2, 0.25) is 11.8 Å². The predicted octanol–water partition coefficient (Wildman–Crippen LogP) is 4.85. The van der Waals surface area contributed by atoms with Crippen LogP contribution < -0.4 is 5.32 Å². The second-order valence-electron chi connectivity index (χ2n) is 11.1. The van der Waals surface area contributed by atoms with E-state index in [0.29, 0.717) is 30.7 Å². The van der Waals surface area contributed by atoms with Gasteiger partial charge in [-0.2, -0.15) is 0 Å². The fraction of sp³-hybridized carbons (Fsp3) is 0.571. The van der Waals surface area contributed by atoms with Crippen molar-refractivity contribution in [3.8, 4) is 0 Å². The van der Waals surface area contributed by atoms with Crippen LogP contribution in [0.15, 0.2) is 42.5 Å². The molecule has 168 valence electrons. The molecule has 5 fully saturated rings. The van der Waals surface area contributed by atoms with E-state index in [1.165, 1.54) is 48.4 Å². The molecule has 4 bridgehead atoms. The summed E-state index contributed by atoms with van der Waals surface area (Å²) in [5.41, 5.74) is 0.961. The maximum atomic E-state index is 13.5. The summed E-state index contributed by atoms with van der Waals surface area (Å²) >= 11 is 0. The van der Waals surface area contributed by atoms with E-state index in [1.54, 1.807) is 0 Å². The van der Waals surface area contributed by atoms with E-state index in [0.717, 1.165) is 37.6 Å². The highest BCUT2D eigenvalue weighted by Crippen LogP contribution is 2.47. The lowest BCUT2D eigenvalue weighted by Gasteiger charge is -2.39. The quantitative estimate of drug-likeness (QED) is 0.737. The zero-order valence-corrected chi connectivity index (χ0v) is 18.9. The Labute approximate surface area is 190 Å². The maximum absolute atomic E-state index is 13.5. The van der Waals surface area contributed by atoms with Crippen molar-refractivity contribution in [3.05, 3.63) is 48.0 Å². The Morgan fingerprint density at radius 3 is 2.50 bits per heavy atom. The molecule has 0 radical (unpaired) electrons. The van der Waals surface area contributed by atoms with E-state index in [1.807, 2.05) is 0 Å². The molecule has 7 rings (SSSR count). The molecule has 0 aromatic heterocycles. The summed E-state index contributed by atoms with van der Waals surface area (Å²) in [5, 5.41) is 5.79. The van der Waals surface area contributed by atoms with Crippen molar-refractivity contribution >= 4 is 22.6 Å². The number of fused-ring (bicyclic) bond motifs is 2. The second-order valence-corrected chi connectivity index (χ2v) is 11.1. The number of amides is 2. The Hall–Kier alpha value is -2.36. The molecule has 4 nitrogen and oxygen atoms in total. The minimum absolute atomic E-state index is 0.128. The topological polar surface area (TPSA) is 49.4 Å². The first-order valence-electron chi connectivity index (χ1n) is 12.6. The summed E-state index contributed by atoms with van der Waals surface area (Å²) in [4.78, 5) is 28.0. The van der Waals surface area contributed by atoms with E-state index < -0.39 is 0 Å². The van der Waals surface area contributed by atoms with Gasteiger partial charge >= 0.3 is 0 Å². The molecule has 3 aliphatic heterocycles. The molecule has 2 aliphatic carbocycles. The molecule has 2 aromatic carbocycles. The third kappa shape index (κ3) is 3.72. The van der Waals surface area contributed by atoms with Crippen LogP contribution in [0.1, 0.15) is 63.4 Å². The third-order valence-corrected chi connectivity index (χ3v) is 8.89. The Morgan fingerprint density at radius 1 is 0.969 bits per heavy atom. The summed E-state index contributed by atoms with van der Waals surface area (Å²) in [6.07, 6.45) is 9.96. The molecule has 2 aromatic rings. The standard InChI is InChI=1S/C28H34N2O2/c31-26-8-10-28(29-26,17-23-6-3-5-22-4-1-2-7-25(22)23)11-9-27(32)30-18-21-13-19-12-20(14-21)16-24(30)15-19/h1-7,19-21,24H,8-18H2,(H,29,31). The number of rotatable bonds is 5. The van der Waals surface area contributed by atoms with Crippen molar-refractivity contribution in [2.24, 2.45) is 17.8 Å². The van der Waals surface area contributed by atoms with Crippen molar-refractivity contribution in [3.63, 3.8) is 0 Å². The van der Waals surface area contributed by atoms with Gasteiger partial charge in [0.25, 0.3) is 0 Å². The number of carbonyl (C=O) groups excluding carboxylic acids is 2. The Kier molecular flexibility index (Phi) is 5.00. The average molecular weight is 431 g/mol. The van der Waals surface area contributed by atoms with Gasteiger partial charge in [0.05, 0.1) is 0 Å². The average Bonchev–Trinajstić information content (AvgIpc) is 3.04. The summed E-state index contributed by atoms with van der Waals surface area (Å²) < 4.78 is 0. The molecule has 5 aliphatic rings. The number of hydrogen-bond donors (Lipinski definition) is 1. The van der Waals surface area contributed by atoms with Crippen LogP contribution >= 0.6 is 0 Å². The number of benzene rings is 2. The predicted molar refractivity (Wildman–Crippen MR) is 126 cm³/mol. The monoisotopic (exact) mass is 430 g/mol. The number of nitrogens with zero attached hydrogens (tertiary/aromatic N) is 1. The zero-order chi connectivity index (χ0) is 21.7. The maximum Gasteiger partial charge on any atom is 0.222 e. The van der Waals surface area contributed by atoms with Crippen LogP contribution in [0.2, 0.25) is 0 Å². The zero-order valence-electron chi connectivity index (χ0n) is 18.9. The second kappa shape index (κ2) is 7.90. The smallest absolute Gasteiger partial charge is 0.222 e. The number of nitrogens with one attached hydrogen (secondary N) is 1. The van der Waals surface area contributed by atoms with Crippen LogP contribution in [0, 0.1) is 17.8 Å². The molecule has 1 N–H and O–H groups in total. The van der Waals surface area contributed by atoms with E-state index in [2.05, 4.69) is 52.7 Å². The van der Waals surface area contributed by atoms with Crippen LogP contribution in [0.25, 0.3) is 10.8 Å². The molecule has 0 spiro atoms. The summed E-state index contributed by atoms with van der Waals surface area (Å²) in [6, 6.07) is 15.4. The van der Waals surface area contributed by atoms with Crippen molar-refractivity contribution in [2.75, 3.05) is 6.54 Å².